The summed E-state index contributed by atoms with van der Waals surface area (Å²) in [6.45, 7) is 3.82. The van der Waals surface area contributed by atoms with Crippen LogP contribution in [0.4, 0.5) is 0 Å². The van der Waals surface area contributed by atoms with E-state index in [2.05, 4.69) is 11.9 Å². The lowest BCUT2D eigenvalue weighted by Gasteiger charge is -1.95. The molecule has 2 nitrogen and oxygen atoms in total. The first-order chi connectivity index (χ1) is 5.41. The van der Waals surface area contributed by atoms with Crippen molar-refractivity contribution in [2.24, 2.45) is 10.7 Å². The summed E-state index contributed by atoms with van der Waals surface area (Å²) in [5.41, 5.74) is 5.36. The third-order valence-electron chi connectivity index (χ3n) is 1.60. The van der Waals surface area contributed by atoms with Crippen LogP contribution < -0.4 is 5.73 Å². The first-order valence-corrected chi connectivity index (χ1v) is 4.60. The Labute approximate surface area is 69.9 Å². The van der Waals surface area contributed by atoms with E-state index >= 15 is 0 Å². The third-order valence-corrected chi connectivity index (χ3v) is 1.60. The van der Waals surface area contributed by atoms with E-state index in [-0.39, 0.29) is 0 Å². The molecule has 0 aliphatic carbocycles. The zero-order valence-electron chi connectivity index (χ0n) is 7.55. The minimum atomic E-state index is 0.836. The number of unbranched alkanes of at least 4 members (excludes halogenated alkanes) is 4. The third kappa shape index (κ3) is 9.63. The van der Waals surface area contributed by atoms with Gasteiger partial charge in [0.1, 0.15) is 0 Å². The number of hydrogen-bond donors (Lipinski definition) is 1. The molecule has 0 atom stereocenters. The summed E-state index contributed by atoms with van der Waals surface area (Å²) in [4.78, 5) is 4.14. The molecule has 0 heterocycles. The Kier molecular flexibility index (Phi) is 9.31. The van der Waals surface area contributed by atoms with Gasteiger partial charge < -0.3 is 5.73 Å². The van der Waals surface area contributed by atoms with Gasteiger partial charge in [-0.1, -0.05) is 12.8 Å². The summed E-state index contributed by atoms with van der Waals surface area (Å²) in [7, 11) is 0. The molecule has 0 aromatic rings. The van der Waals surface area contributed by atoms with Gasteiger partial charge in [0.15, 0.2) is 0 Å². The van der Waals surface area contributed by atoms with Crippen LogP contribution >= 0.6 is 0 Å². The zero-order chi connectivity index (χ0) is 8.36. The second-order valence-electron chi connectivity index (χ2n) is 2.67. The van der Waals surface area contributed by atoms with Gasteiger partial charge in [-0.3, -0.25) is 4.99 Å². The Morgan fingerprint density at radius 3 is 2.55 bits per heavy atom. The van der Waals surface area contributed by atoms with Crippen LogP contribution in [0.5, 0.6) is 0 Å². The second-order valence-corrected chi connectivity index (χ2v) is 2.67. The molecule has 0 bridgehead atoms. The SMILES string of the molecule is CCN=CCCCCCCN. The smallest absolute Gasteiger partial charge is 0.0357 e. The molecule has 0 aromatic carbocycles. The van der Waals surface area contributed by atoms with Crippen molar-refractivity contribution in [2.45, 2.75) is 39.0 Å². The van der Waals surface area contributed by atoms with E-state index in [1.807, 2.05) is 6.21 Å². The minimum absolute atomic E-state index is 0.836. The average molecular weight is 156 g/mol. The maximum atomic E-state index is 5.36. The van der Waals surface area contributed by atoms with Gasteiger partial charge in [0.2, 0.25) is 0 Å². The highest BCUT2D eigenvalue weighted by molar-refractivity contribution is 5.56. The summed E-state index contributed by atoms with van der Waals surface area (Å²) < 4.78 is 0. The predicted octanol–water partition coefficient (Wildman–Crippen LogP) is 1.99. The molecular formula is C9H20N2. The lowest BCUT2D eigenvalue weighted by molar-refractivity contribution is 0.661. The lowest BCUT2D eigenvalue weighted by atomic mass is 10.1. The Morgan fingerprint density at radius 1 is 1.18 bits per heavy atom. The van der Waals surface area contributed by atoms with Crippen molar-refractivity contribution < 1.29 is 0 Å². The Balaban J connectivity index is 2.85. The molecule has 0 radical (unpaired) electrons. The maximum Gasteiger partial charge on any atom is 0.0357 e. The van der Waals surface area contributed by atoms with Gasteiger partial charge >= 0.3 is 0 Å². The Bertz CT molecular complexity index is 89.6. The molecule has 66 valence electrons. The molecular weight excluding hydrogens is 136 g/mol. The van der Waals surface area contributed by atoms with Crippen molar-refractivity contribution in [3.8, 4) is 0 Å². The van der Waals surface area contributed by atoms with Crippen molar-refractivity contribution >= 4 is 6.21 Å². The first kappa shape index (κ1) is 10.6. The fraction of sp³-hybridized carbons (Fsp3) is 0.889. The summed E-state index contributed by atoms with van der Waals surface area (Å²) >= 11 is 0. The monoisotopic (exact) mass is 156 g/mol. The van der Waals surface area contributed by atoms with Gasteiger partial charge in [-0.05, 0) is 38.9 Å². The van der Waals surface area contributed by atoms with Gasteiger partial charge in [0.25, 0.3) is 0 Å². The van der Waals surface area contributed by atoms with Crippen LogP contribution in [-0.4, -0.2) is 19.3 Å². The summed E-state index contributed by atoms with van der Waals surface area (Å²) in [5, 5.41) is 0. The van der Waals surface area contributed by atoms with Crippen LogP contribution in [0.15, 0.2) is 4.99 Å². The van der Waals surface area contributed by atoms with E-state index < -0.39 is 0 Å². The van der Waals surface area contributed by atoms with E-state index in [1.165, 1.54) is 25.7 Å². The number of nitrogens with two attached hydrogens (primary N) is 1. The van der Waals surface area contributed by atoms with Crippen LogP contribution in [-0.2, 0) is 0 Å². The first-order valence-electron chi connectivity index (χ1n) is 4.60. The van der Waals surface area contributed by atoms with Gasteiger partial charge in [-0.15, -0.1) is 0 Å². The van der Waals surface area contributed by atoms with Crippen LogP contribution in [0.25, 0.3) is 0 Å². The molecule has 0 saturated heterocycles. The molecule has 0 spiro atoms. The van der Waals surface area contributed by atoms with Crippen molar-refractivity contribution in [3.05, 3.63) is 0 Å². The van der Waals surface area contributed by atoms with Crippen molar-refractivity contribution in [1.82, 2.24) is 0 Å². The molecule has 0 aliphatic rings. The molecule has 0 rings (SSSR count). The normalized spacial score (nSPS) is 11.1. The molecule has 0 amide bonds. The van der Waals surface area contributed by atoms with E-state index in [0.29, 0.717) is 0 Å². The van der Waals surface area contributed by atoms with Crippen LogP contribution in [0.2, 0.25) is 0 Å². The largest absolute Gasteiger partial charge is 0.330 e. The van der Waals surface area contributed by atoms with Gasteiger partial charge in [0.05, 0.1) is 0 Å². The number of hydrogen-bond acceptors (Lipinski definition) is 2. The number of nitrogens with zero attached hydrogens (tertiary/aromatic N) is 1. The molecule has 0 fully saturated rings. The van der Waals surface area contributed by atoms with E-state index in [4.69, 9.17) is 5.73 Å². The maximum absolute atomic E-state index is 5.36. The van der Waals surface area contributed by atoms with Crippen molar-refractivity contribution in [2.75, 3.05) is 13.1 Å². The molecule has 0 aliphatic heterocycles. The quantitative estimate of drug-likeness (QED) is 0.444. The van der Waals surface area contributed by atoms with Crippen molar-refractivity contribution in [1.29, 1.82) is 0 Å². The van der Waals surface area contributed by atoms with Crippen LogP contribution in [0.1, 0.15) is 39.0 Å². The highest BCUT2D eigenvalue weighted by Crippen LogP contribution is 2.00. The lowest BCUT2D eigenvalue weighted by Crippen LogP contribution is -1.97. The summed E-state index contributed by atoms with van der Waals surface area (Å²) in [6, 6.07) is 0. The second kappa shape index (κ2) is 9.63. The molecule has 2 N–H and O–H groups in total. The molecule has 0 aromatic heterocycles. The van der Waals surface area contributed by atoms with E-state index in [0.717, 1.165) is 19.5 Å². The average Bonchev–Trinajstić information content (AvgIpc) is 2.03. The Morgan fingerprint density at radius 2 is 1.91 bits per heavy atom. The number of aliphatic imine (C=N–C) groups is 1. The molecule has 11 heavy (non-hydrogen) atoms. The van der Waals surface area contributed by atoms with Gasteiger partial charge in [0, 0.05) is 6.54 Å². The minimum Gasteiger partial charge on any atom is -0.330 e. The fourth-order valence-electron chi connectivity index (χ4n) is 0.954. The highest BCUT2D eigenvalue weighted by atomic mass is 14.7. The standard InChI is InChI=1S/C9H20N2/c1-2-11-9-7-5-3-4-6-8-10/h9H,2-8,10H2,1H3. The van der Waals surface area contributed by atoms with Crippen LogP contribution in [0.3, 0.4) is 0 Å². The number of rotatable bonds is 7. The summed E-state index contributed by atoms with van der Waals surface area (Å²) in [5.74, 6) is 0. The van der Waals surface area contributed by atoms with Crippen LogP contribution in [0, 0.1) is 0 Å². The predicted molar refractivity (Wildman–Crippen MR) is 51.2 cm³/mol. The zero-order valence-corrected chi connectivity index (χ0v) is 7.55. The Hall–Kier alpha value is -0.370. The van der Waals surface area contributed by atoms with E-state index in [9.17, 15) is 0 Å². The van der Waals surface area contributed by atoms with Gasteiger partial charge in [-0.25, -0.2) is 0 Å². The fourth-order valence-corrected chi connectivity index (χ4v) is 0.954. The highest BCUT2D eigenvalue weighted by Gasteiger charge is 1.85. The van der Waals surface area contributed by atoms with Gasteiger partial charge in [-0.2, -0.15) is 0 Å². The molecule has 0 saturated carbocycles. The van der Waals surface area contributed by atoms with Crippen molar-refractivity contribution in [3.63, 3.8) is 0 Å². The molecule has 2 heteroatoms. The van der Waals surface area contributed by atoms with E-state index in [1.54, 1.807) is 0 Å². The molecule has 0 unspecified atom stereocenters. The summed E-state index contributed by atoms with van der Waals surface area (Å²) in [6.07, 6.45) is 8.18. The topological polar surface area (TPSA) is 38.4 Å².